The van der Waals surface area contributed by atoms with Crippen molar-refractivity contribution in [3.63, 3.8) is 0 Å². The van der Waals surface area contributed by atoms with Crippen LogP contribution in [0.3, 0.4) is 0 Å². The number of sulfone groups is 1. The Morgan fingerprint density at radius 1 is 1.24 bits per heavy atom. The first kappa shape index (κ1) is 13.9. The summed E-state index contributed by atoms with van der Waals surface area (Å²) in [5.41, 5.74) is -0.0473. The molecule has 0 aliphatic heterocycles. The third-order valence-electron chi connectivity index (χ3n) is 2.57. The van der Waals surface area contributed by atoms with E-state index in [0.717, 1.165) is 5.56 Å². The van der Waals surface area contributed by atoms with Crippen LogP contribution in [0.4, 0.5) is 0 Å². The molecule has 1 aromatic carbocycles. The fourth-order valence-corrected chi connectivity index (χ4v) is 3.80. The Kier molecular flexibility index (Phi) is 4.09. The molecule has 0 aromatic heterocycles. The first-order valence-electron chi connectivity index (χ1n) is 5.59. The molecule has 1 aromatic rings. The third-order valence-corrected chi connectivity index (χ3v) is 4.76. The second-order valence-electron chi connectivity index (χ2n) is 4.83. The molecule has 0 bridgehead atoms. The normalized spacial score (nSPS) is 12.4. The molecule has 0 heterocycles. The highest BCUT2D eigenvalue weighted by atomic mass is 32.2. The van der Waals surface area contributed by atoms with Gasteiger partial charge >= 0.3 is 0 Å². The van der Waals surface area contributed by atoms with Gasteiger partial charge in [-0.3, -0.25) is 0 Å². The van der Waals surface area contributed by atoms with Gasteiger partial charge in [0.05, 0.1) is 10.6 Å². The number of rotatable bonds is 5. The largest absolute Gasteiger partial charge is 0.303 e. The van der Waals surface area contributed by atoms with Crippen LogP contribution in [-0.4, -0.2) is 20.5 Å². The monoisotopic (exact) mass is 254 g/mol. The molecule has 17 heavy (non-hydrogen) atoms. The minimum Gasteiger partial charge on any atom is -0.303 e. The highest BCUT2D eigenvalue weighted by Crippen LogP contribution is 2.23. The van der Waals surface area contributed by atoms with E-state index in [-0.39, 0.29) is 5.75 Å². The summed E-state index contributed by atoms with van der Waals surface area (Å²) in [7, 11) is -3.40. The lowest BCUT2D eigenvalue weighted by Gasteiger charge is -2.17. The second kappa shape index (κ2) is 5.00. The zero-order chi connectivity index (χ0) is 13.1. The molecule has 0 saturated carbocycles. The molecule has 0 aliphatic rings. The quantitative estimate of drug-likeness (QED) is 0.757. The standard InChI is InChI=1S/C13H18O3S/c1-4-11-7-5-6-8-12(11)17(15,16)10-13(2,3)9-14/h5-9H,4,10H2,1-3H3. The van der Waals surface area contributed by atoms with Crippen molar-refractivity contribution >= 4 is 16.1 Å². The summed E-state index contributed by atoms with van der Waals surface area (Å²) in [6, 6.07) is 6.94. The van der Waals surface area contributed by atoms with Gasteiger partial charge in [-0.05, 0) is 18.1 Å². The van der Waals surface area contributed by atoms with E-state index in [0.29, 0.717) is 17.6 Å². The Labute approximate surface area is 103 Å². The minimum absolute atomic E-state index is 0.152. The second-order valence-corrected chi connectivity index (χ2v) is 6.78. The predicted octanol–water partition coefficient (Wildman–Crippen LogP) is 2.25. The molecule has 0 unspecified atom stereocenters. The van der Waals surface area contributed by atoms with E-state index in [2.05, 4.69) is 0 Å². The molecule has 0 amide bonds. The fourth-order valence-electron chi connectivity index (χ4n) is 1.70. The molecule has 1 rings (SSSR count). The summed E-state index contributed by atoms with van der Waals surface area (Å²) in [5.74, 6) is -0.152. The number of aryl methyl sites for hydroxylation is 1. The Bertz CT molecular complexity index is 501. The SMILES string of the molecule is CCc1ccccc1S(=O)(=O)CC(C)(C)C=O. The summed E-state index contributed by atoms with van der Waals surface area (Å²) in [6.07, 6.45) is 1.36. The van der Waals surface area contributed by atoms with Crippen molar-refractivity contribution in [1.82, 2.24) is 0 Å². The highest BCUT2D eigenvalue weighted by Gasteiger charge is 2.28. The summed E-state index contributed by atoms with van der Waals surface area (Å²) < 4.78 is 24.5. The molecule has 4 heteroatoms. The topological polar surface area (TPSA) is 51.2 Å². The van der Waals surface area contributed by atoms with E-state index < -0.39 is 15.3 Å². The Hall–Kier alpha value is -1.16. The van der Waals surface area contributed by atoms with Crippen LogP contribution in [0.1, 0.15) is 26.3 Å². The highest BCUT2D eigenvalue weighted by molar-refractivity contribution is 7.91. The molecule has 0 N–H and O–H groups in total. The van der Waals surface area contributed by atoms with Crippen LogP contribution < -0.4 is 0 Å². The Morgan fingerprint density at radius 3 is 2.35 bits per heavy atom. The van der Waals surface area contributed by atoms with Gasteiger partial charge in [0.15, 0.2) is 9.84 Å². The summed E-state index contributed by atoms with van der Waals surface area (Å²) in [4.78, 5) is 11.2. The Morgan fingerprint density at radius 2 is 1.82 bits per heavy atom. The van der Waals surface area contributed by atoms with Crippen molar-refractivity contribution in [2.24, 2.45) is 5.41 Å². The fraction of sp³-hybridized carbons (Fsp3) is 0.462. The molecule has 0 atom stereocenters. The van der Waals surface area contributed by atoms with E-state index >= 15 is 0 Å². The van der Waals surface area contributed by atoms with Gasteiger partial charge in [0.1, 0.15) is 6.29 Å². The van der Waals surface area contributed by atoms with Crippen molar-refractivity contribution in [2.45, 2.75) is 32.1 Å². The van der Waals surface area contributed by atoms with Gasteiger partial charge in [-0.25, -0.2) is 8.42 Å². The molecule has 3 nitrogen and oxygen atoms in total. The van der Waals surface area contributed by atoms with E-state index in [4.69, 9.17) is 0 Å². The molecule has 0 fully saturated rings. The number of carbonyl (C=O) groups excluding carboxylic acids is 1. The zero-order valence-corrected chi connectivity index (χ0v) is 11.3. The van der Waals surface area contributed by atoms with Crippen molar-refractivity contribution in [1.29, 1.82) is 0 Å². The van der Waals surface area contributed by atoms with Crippen molar-refractivity contribution in [2.75, 3.05) is 5.75 Å². The van der Waals surface area contributed by atoms with Crippen molar-refractivity contribution < 1.29 is 13.2 Å². The van der Waals surface area contributed by atoms with Crippen molar-refractivity contribution in [3.8, 4) is 0 Å². The van der Waals surface area contributed by atoms with Gasteiger partial charge in [0, 0.05) is 5.41 Å². The summed E-state index contributed by atoms with van der Waals surface area (Å²) >= 11 is 0. The van der Waals surface area contributed by atoms with E-state index in [9.17, 15) is 13.2 Å². The van der Waals surface area contributed by atoms with Crippen LogP contribution in [0.15, 0.2) is 29.2 Å². The van der Waals surface area contributed by atoms with E-state index in [1.54, 1.807) is 32.0 Å². The number of benzene rings is 1. The first-order valence-corrected chi connectivity index (χ1v) is 7.24. The summed E-state index contributed by atoms with van der Waals surface area (Å²) in [6.45, 7) is 5.18. The number of hydrogen-bond donors (Lipinski definition) is 0. The maximum atomic E-state index is 12.2. The number of hydrogen-bond acceptors (Lipinski definition) is 3. The molecular formula is C13H18O3S. The minimum atomic E-state index is -3.40. The van der Waals surface area contributed by atoms with Crippen LogP contribution in [0.5, 0.6) is 0 Å². The lowest BCUT2D eigenvalue weighted by atomic mass is 10.00. The summed E-state index contributed by atoms with van der Waals surface area (Å²) in [5, 5.41) is 0. The zero-order valence-electron chi connectivity index (χ0n) is 10.4. The average Bonchev–Trinajstić information content (AvgIpc) is 2.28. The van der Waals surface area contributed by atoms with Gasteiger partial charge in [-0.2, -0.15) is 0 Å². The van der Waals surface area contributed by atoms with E-state index in [1.165, 1.54) is 0 Å². The molecule has 94 valence electrons. The average molecular weight is 254 g/mol. The maximum Gasteiger partial charge on any atom is 0.179 e. The van der Waals surface area contributed by atoms with E-state index in [1.807, 2.05) is 13.0 Å². The number of aldehydes is 1. The molecule has 0 saturated heterocycles. The predicted molar refractivity (Wildman–Crippen MR) is 67.7 cm³/mol. The van der Waals surface area contributed by atoms with Crippen LogP contribution >= 0.6 is 0 Å². The lowest BCUT2D eigenvalue weighted by Crippen LogP contribution is -2.26. The molecular weight excluding hydrogens is 236 g/mol. The third kappa shape index (κ3) is 3.40. The molecule has 0 spiro atoms. The lowest BCUT2D eigenvalue weighted by molar-refractivity contribution is -0.113. The van der Waals surface area contributed by atoms with Gasteiger partial charge in [-0.1, -0.05) is 39.0 Å². The van der Waals surface area contributed by atoms with Gasteiger partial charge < -0.3 is 4.79 Å². The van der Waals surface area contributed by atoms with Crippen LogP contribution in [0, 0.1) is 5.41 Å². The van der Waals surface area contributed by atoms with Gasteiger partial charge in [-0.15, -0.1) is 0 Å². The van der Waals surface area contributed by atoms with Gasteiger partial charge in [0.2, 0.25) is 0 Å². The van der Waals surface area contributed by atoms with Crippen LogP contribution in [-0.2, 0) is 21.1 Å². The maximum absolute atomic E-state index is 12.2. The van der Waals surface area contributed by atoms with Crippen molar-refractivity contribution in [3.05, 3.63) is 29.8 Å². The van der Waals surface area contributed by atoms with Crippen LogP contribution in [0.2, 0.25) is 0 Å². The number of carbonyl (C=O) groups is 1. The first-order chi connectivity index (χ1) is 7.82. The molecule has 0 radical (unpaired) electrons. The van der Waals surface area contributed by atoms with Gasteiger partial charge in [0.25, 0.3) is 0 Å². The Balaban J connectivity index is 3.18. The van der Waals surface area contributed by atoms with Crippen LogP contribution in [0.25, 0.3) is 0 Å². The smallest absolute Gasteiger partial charge is 0.179 e. The molecule has 0 aliphatic carbocycles.